The number of hydrogen-bond acceptors (Lipinski definition) is 1. The van der Waals surface area contributed by atoms with Gasteiger partial charge in [-0.1, -0.05) is 64.0 Å². The van der Waals surface area contributed by atoms with E-state index in [1.54, 1.807) is 0 Å². The van der Waals surface area contributed by atoms with Crippen LogP contribution in [0.2, 0.25) is 0 Å². The van der Waals surface area contributed by atoms with Gasteiger partial charge in [0.2, 0.25) is 0 Å². The molecule has 0 fully saturated rings. The average Bonchev–Trinajstić information content (AvgIpc) is 2.58. The number of halogens is 3. The van der Waals surface area contributed by atoms with Crippen molar-refractivity contribution in [2.75, 3.05) is 18.5 Å². The van der Waals surface area contributed by atoms with Gasteiger partial charge in [0.25, 0.3) is 0 Å². The fraction of sp³-hybridized carbons (Fsp3) is 0.632. The molecule has 0 unspecified atom stereocenters. The van der Waals surface area contributed by atoms with Crippen molar-refractivity contribution < 1.29 is 18.0 Å². The van der Waals surface area contributed by atoms with Crippen molar-refractivity contribution in [3.05, 3.63) is 29.8 Å². The number of urea groups is 1. The normalized spacial score (nSPS) is 11.4. The highest BCUT2D eigenvalue weighted by molar-refractivity contribution is 5.92. The van der Waals surface area contributed by atoms with E-state index in [0.29, 0.717) is 6.54 Å². The van der Waals surface area contributed by atoms with Gasteiger partial charge >= 0.3 is 12.2 Å². The molecule has 0 aliphatic heterocycles. The number of para-hydroxylation sites is 1. The third kappa shape index (κ3) is 7.80. The van der Waals surface area contributed by atoms with Crippen LogP contribution in [-0.2, 0) is 6.18 Å². The summed E-state index contributed by atoms with van der Waals surface area (Å²) in [6, 6.07) is 4.58. The predicted molar refractivity (Wildman–Crippen MR) is 95.9 cm³/mol. The molecule has 1 rings (SSSR count). The SMILES string of the molecule is CCCCCCCCCCNC(=O)N(C)c1ccccc1C(F)(F)F. The molecular formula is C19H29F3N2O. The van der Waals surface area contributed by atoms with Gasteiger partial charge in [-0.2, -0.15) is 13.2 Å². The lowest BCUT2D eigenvalue weighted by Gasteiger charge is -2.22. The molecule has 0 aromatic heterocycles. The lowest BCUT2D eigenvalue weighted by atomic mass is 10.1. The highest BCUT2D eigenvalue weighted by atomic mass is 19.4. The number of amides is 2. The first-order valence-corrected chi connectivity index (χ1v) is 9.05. The Morgan fingerprint density at radius 1 is 1.00 bits per heavy atom. The smallest absolute Gasteiger partial charge is 0.338 e. The monoisotopic (exact) mass is 358 g/mol. The quantitative estimate of drug-likeness (QED) is 0.512. The number of carbonyl (C=O) groups is 1. The van der Waals surface area contributed by atoms with E-state index in [1.165, 1.54) is 57.4 Å². The van der Waals surface area contributed by atoms with Crippen LogP contribution < -0.4 is 10.2 Å². The van der Waals surface area contributed by atoms with Crippen LogP contribution in [-0.4, -0.2) is 19.6 Å². The molecule has 0 aliphatic carbocycles. The van der Waals surface area contributed by atoms with Crippen LogP contribution in [0.1, 0.15) is 63.9 Å². The van der Waals surface area contributed by atoms with Gasteiger partial charge in [-0.15, -0.1) is 0 Å². The first-order chi connectivity index (χ1) is 11.9. The van der Waals surface area contributed by atoms with Crippen LogP contribution in [0, 0.1) is 0 Å². The Morgan fingerprint density at radius 2 is 1.56 bits per heavy atom. The average molecular weight is 358 g/mol. The van der Waals surface area contributed by atoms with Gasteiger partial charge in [0, 0.05) is 13.6 Å². The molecule has 0 heterocycles. The zero-order valence-electron chi connectivity index (χ0n) is 15.2. The molecule has 6 heteroatoms. The molecular weight excluding hydrogens is 329 g/mol. The summed E-state index contributed by atoms with van der Waals surface area (Å²) in [7, 11) is 1.35. The maximum Gasteiger partial charge on any atom is 0.418 e. The summed E-state index contributed by atoms with van der Waals surface area (Å²) in [5, 5.41) is 2.69. The number of alkyl halides is 3. The van der Waals surface area contributed by atoms with Gasteiger partial charge in [-0.3, -0.25) is 4.90 Å². The molecule has 142 valence electrons. The van der Waals surface area contributed by atoms with Gasteiger partial charge in [0.1, 0.15) is 0 Å². The van der Waals surface area contributed by atoms with Crippen molar-refractivity contribution in [3.63, 3.8) is 0 Å². The number of nitrogens with zero attached hydrogens (tertiary/aromatic N) is 1. The van der Waals surface area contributed by atoms with Crippen molar-refractivity contribution in [3.8, 4) is 0 Å². The van der Waals surface area contributed by atoms with Gasteiger partial charge in [0.05, 0.1) is 11.3 Å². The fourth-order valence-electron chi connectivity index (χ4n) is 2.69. The summed E-state index contributed by atoms with van der Waals surface area (Å²) < 4.78 is 39.0. The van der Waals surface area contributed by atoms with Crippen molar-refractivity contribution in [1.29, 1.82) is 0 Å². The van der Waals surface area contributed by atoms with Gasteiger partial charge in [-0.05, 0) is 18.6 Å². The number of carbonyl (C=O) groups excluding carboxylic acids is 1. The Bertz CT molecular complexity index is 518. The number of benzene rings is 1. The molecule has 1 aromatic rings. The summed E-state index contributed by atoms with van der Waals surface area (Å²) in [6.45, 7) is 2.67. The van der Waals surface area contributed by atoms with E-state index in [-0.39, 0.29) is 5.69 Å². The second-order valence-electron chi connectivity index (χ2n) is 6.28. The van der Waals surface area contributed by atoms with Crippen LogP contribution in [0.4, 0.5) is 23.7 Å². The highest BCUT2D eigenvalue weighted by Gasteiger charge is 2.34. The lowest BCUT2D eigenvalue weighted by molar-refractivity contribution is -0.137. The lowest BCUT2D eigenvalue weighted by Crippen LogP contribution is -2.38. The maximum atomic E-state index is 13.0. The topological polar surface area (TPSA) is 32.3 Å². The highest BCUT2D eigenvalue weighted by Crippen LogP contribution is 2.35. The molecule has 1 N–H and O–H groups in total. The molecule has 0 radical (unpaired) electrons. The third-order valence-corrected chi connectivity index (χ3v) is 4.18. The second-order valence-corrected chi connectivity index (χ2v) is 6.28. The van der Waals surface area contributed by atoms with Crippen LogP contribution in [0.5, 0.6) is 0 Å². The van der Waals surface area contributed by atoms with E-state index in [2.05, 4.69) is 12.2 Å². The molecule has 0 aliphatic rings. The molecule has 0 atom stereocenters. The van der Waals surface area contributed by atoms with E-state index in [1.807, 2.05) is 0 Å². The van der Waals surface area contributed by atoms with Crippen LogP contribution in [0.15, 0.2) is 24.3 Å². The van der Waals surface area contributed by atoms with E-state index in [0.717, 1.165) is 30.2 Å². The zero-order valence-corrected chi connectivity index (χ0v) is 15.2. The van der Waals surface area contributed by atoms with Crippen molar-refractivity contribution in [2.45, 2.75) is 64.5 Å². The number of nitrogens with one attached hydrogen (secondary N) is 1. The Hall–Kier alpha value is -1.72. The Labute approximate surface area is 148 Å². The third-order valence-electron chi connectivity index (χ3n) is 4.18. The molecule has 0 saturated carbocycles. The van der Waals surface area contributed by atoms with Crippen LogP contribution >= 0.6 is 0 Å². The molecule has 1 aromatic carbocycles. The molecule has 0 bridgehead atoms. The first kappa shape index (κ1) is 21.3. The summed E-state index contributed by atoms with van der Waals surface area (Å²) in [4.78, 5) is 13.1. The van der Waals surface area contributed by atoms with Gasteiger partial charge in [0.15, 0.2) is 0 Å². The van der Waals surface area contributed by atoms with E-state index < -0.39 is 17.8 Å². The van der Waals surface area contributed by atoms with E-state index in [4.69, 9.17) is 0 Å². The van der Waals surface area contributed by atoms with Crippen LogP contribution in [0.25, 0.3) is 0 Å². The number of unbranched alkanes of at least 4 members (excludes halogenated alkanes) is 7. The summed E-state index contributed by atoms with van der Waals surface area (Å²) in [5.41, 5.74) is -0.942. The molecule has 0 saturated heterocycles. The minimum atomic E-state index is -4.48. The van der Waals surface area contributed by atoms with Crippen molar-refractivity contribution >= 4 is 11.7 Å². The largest absolute Gasteiger partial charge is 0.418 e. The number of rotatable bonds is 10. The number of hydrogen-bond donors (Lipinski definition) is 1. The Morgan fingerprint density at radius 3 is 2.16 bits per heavy atom. The van der Waals surface area contributed by atoms with E-state index >= 15 is 0 Å². The first-order valence-electron chi connectivity index (χ1n) is 9.05. The second kappa shape index (κ2) is 11.0. The van der Waals surface area contributed by atoms with Crippen molar-refractivity contribution in [2.24, 2.45) is 0 Å². The number of anilines is 1. The summed E-state index contributed by atoms with van der Waals surface area (Å²) >= 11 is 0. The Balaban J connectivity index is 2.34. The fourth-order valence-corrected chi connectivity index (χ4v) is 2.69. The Kier molecular flexibility index (Phi) is 9.39. The molecule has 3 nitrogen and oxygen atoms in total. The summed E-state index contributed by atoms with van der Waals surface area (Å²) in [6.07, 6.45) is 4.75. The predicted octanol–water partition coefficient (Wildman–Crippen LogP) is 5.99. The zero-order chi connectivity index (χ0) is 18.7. The standard InChI is InChI=1S/C19H29F3N2O/c1-3-4-5-6-7-8-9-12-15-23-18(25)24(2)17-14-11-10-13-16(17)19(20,21)22/h10-11,13-14H,3-9,12,15H2,1-2H3,(H,23,25). The maximum absolute atomic E-state index is 13.0. The van der Waals surface area contributed by atoms with Crippen molar-refractivity contribution in [1.82, 2.24) is 5.32 Å². The minimum Gasteiger partial charge on any atom is -0.338 e. The molecule has 2 amide bonds. The summed E-state index contributed by atoms with van der Waals surface area (Å²) in [5.74, 6) is 0. The minimum absolute atomic E-state index is 0.136. The molecule has 0 spiro atoms. The molecule has 25 heavy (non-hydrogen) atoms. The van der Waals surface area contributed by atoms with E-state index in [9.17, 15) is 18.0 Å². The van der Waals surface area contributed by atoms with Gasteiger partial charge < -0.3 is 5.32 Å². The van der Waals surface area contributed by atoms with Gasteiger partial charge in [-0.25, -0.2) is 4.79 Å². The van der Waals surface area contributed by atoms with Crippen LogP contribution in [0.3, 0.4) is 0 Å².